The molecular weight excluding hydrogens is 376 g/mol. The lowest BCUT2D eigenvalue weighted by atomic mass is 10.1. The lowest BCUT2D eigenvalue weighted by Gasteiger charge is -2.28. The highest BCUT2D eigenvalue weighted by molar-refractivity contribution is 6.30. The first kappa shape index (κ1) is 21.8. The number of halogens is 1. The molecule has 1 N–H and O–H groups in total. The molecule has 6 heteroatoms. The van der Waals surface area contributed by atoms with Gasteiger partial charge in [-0.3, -0.25) is 9.59 Å². The molecule has 2 aromatic carbocycles. The van der Waals surface area contributed by atoms with Crippen molar-refractivity contribution in [2.24, 2.45) is 0 Å². The Labute approximate surface area is 171 Å². The van der Waals surface area contributed by atoms with Crippen molar-refractivity contribution in [3.8, 4) is 5.75 Å². The molecule has 0 spiro atoms. The van der Waals surface area contributed by atoms with E-state index in [4.69, 9.17) is 16.3 Å². The van der Waals surface area contributed by atoms with Gasteiger partial charge in [-0.1, -0.05) is 42.8 Å². The predicted octanol–water partition coefficient (Wildman–Crippen LogP) is 3.83. The van der Waals surface area contributed by atoms with Gasteiger partial charge in [-0.25, -0.2) is 0 Å². The maximum Gasteiger partial charge on any atom is 0.242 e. The number of carbonyl (C=O) groups excluding carboxylic acids is 2. The SMILES string of the molecule is CCC(=O)N(Cc1ccc(Cl)cc1)[C@@H](C)C(=O)NCCc1ccc(OC)cc1. The lowest BCUT2D eigenvalue weighted by Crippen LogP contribution is -2.47. The minimum Gasteiger partial charge on any atom is -0.497 e. The third kappa shape index (κ3) is 6.27. The lowest BCUT2D eigenvalue weighted by molar-refractivity contribution is -0.140. The molecule has 0 aliphatic carbocycles. The molecule has 28 heavy (non-hydrogen) atoms. The molecule has 1 atom stereocenters. The van der Waals surface area contributed by atoms with E-state index in [-0.39, 0.29) is 11.8 Å². The molecule has 0 aliphatic rings. The minimum absolute atomic E-state index is 0.0623. The zero-order valence-corrected chi connectivity index (χ0v) is 17.3. The van der Waals surface area contributed by atoms with Gasteiger partial charge in [0.05, 0.1) is 7.11 Å². The summed E-state index contributed by atoms with van der Waals surface area (Å²) in [5.74, 6) is 0.578. The number of carbonyl (C=O) groups is 2. The Balaban J connectivity index is 1.93. The Bertz CT molecular complexity index is 775. The molecule has 0 aromatic heterocycles. The second kappa shape index (κ2) is 10.7. The Kier molecular flexibility index (Phi) is 8.33. The van der Waals surface area contributed by atoms with Gasteiger partial charge in [0.2, 0.25) is 11.8 Å². The van der Waals surface area contributed by atoms with Crippen LogP contribution in [0.2, 0.25) is 5.02 Å². The van der Waals surface area contributed by atoms with Crippen molar-refractivity contribution in [3.05, 3.63) is 64.7 Å². The average Bonchev–Trinajstić information content (AvgIpc) is 2.72. The Morgan fingerprint density at radius 3 is 2.25 bits per heavy atom. The van der Waals surface area contributed by atoms with Crippen molar-refractivity contribution in [2.45, 2.75) is 39.3 Å². The summed E-state index contributed by atoms with van der Waals surface area (Å²) in [4.78, 5) is 26.6. The van der Waals surface area contributed by atoms with Crippen LogP contribution in [0.5, 0.6) is 5.75 Å². The summed E-state index contributed by atoms with van der Waals surface area (Å²) >= 11 is 5.92. The summed E-state index contributed by atoms with van der Waals surface area (Å²) in [6.45, 7) is 4.43. The Hall–Kier alpha value is -2.53. The van der Waals surface area contributed by atoms with E-state index in [2.05, 4.69) is 5.32 Å². The molecule has 0 saturated heterocycles. The first-order valence-corrected chi connectivity index (χ1v) is 9.77. The number of benzene rings is 2. The number of hydrogen-bond donors (Lipinski definition) is 1. The molecule has 0 radical (unpaired) electrons. The fraction of sp³-hybridized carbons (Fsp3) is 0.364. The van der Waals surface area contributed by atoms with Crippen molar-refractivity contribution in [2.75, 3.05) is 13.7 Å². The number of methoxy groups -OCH3 is 1. The highest BCUT2D eigenvalue weighted by Gasteiger charge is 2.24. The van der Waals surface area contributed by atoms with Gasteiger partial charge < -0.3 is 15.0 Å². The summed E-state index contributed by atoms with van der Waals surface area (Å²) < 4.78 is 5.14. The van der Waals surface area contributed by atoms with Crippen LogP contribution < -0.4 is 10.1 Å². The van der Waals surface area contributed by atoms with Crippen LogP contribution in [0.15, 0.2) is 48.5 Å². The molecule has 0 bridgehead atoms. The van der Waals surface area contributed by atoms with Gasteiger partial charge in [0, 0.05) is 24.5 Å². The van der Waals surface area contributed by atoms with E-state index in [1.807, 2.05) is 36.4 Å². The van der Waals surface area contributed by atoms with Crippen LogP contribution in [-0.4, -0.2) is 36.4 Å². The maximum absolute atomic E-state index is 12.6. The Morgan fingerprint density at radius 2 is 1.68 bits per heavy atom. The second-order valence-electron chi connectivity index (χ2n) is 6.57. The van der Waals surface area contributed by atoms with Crippen LogP contribution in [0.4, 0.5) is 0 Å². The molecule has 2 amide bonds. The maximum atomic E-state index is 12.6. The smallest absolute Gasteiger partial charge is 0.242 e. The first-order chi connectivity index (χ1) is 13.4. The third-order valence-electron chi connectivity index (χ3n) is 4.61. The van der Waals surface area contributed by atoms with Gasteiger partial charge >= 0.3 is 0 Å². The summed E-state index contributed by atoms with van der Waals surface area (Å²) in [5, 5.41) is 3.57. The number of rotatable bonds is 9. The van der Waals surface area contributed by atoms with Crippen molar-refractivity contribution in [1.82, 2.24) is 10.2 Å². The van der Waals surface area contributed by atoms with Crippen molar-refractivity contribution in [3.63, 3.8) is 0 Å². The van der Waals surface area contributed by atoms with E-state index in [1.54, 1.807) is 38.0 Å². The number of amides is 2. The zero-order valence-electron chi connectivity index (χ0n) is 16.6. The average molecular weight is 403 g/mol. The molecule has 5 nitrogen and oxygen atoms in total. The summed E-state index contributed by atoms with van der Waals surface area (Å²) in [6, 6.07) is 14.5. The molecule has 2 aromatic rings. The van der Waals surface area contributed by atoms with E-state index in [1.165, 1.54) is 0 Å². The van der Waals surface area contributed by atoms with Crippen LogP contribution in [0.1, 0.15) is 31.4 Å². The molecular formula is C22H27ClN2O3. The first-order valence-electron chi connectivity index (χ1n) is 9.39. The molecule has 0 saturated carbocycles. The number of hydrogen-bond acceptors (Lipinski definition) is 3. The van der Waals surface area contributed by atoms with Crippen LogP contribution in [0.25, 0.3) is 0 Å². The number of nitrogens with zero attached hydrogens (tertiary/aromatic N) is 1. The summed E-state index contributed by atoms with van der Waals surface area (Å²) in [5.41, 5.74) is 2.04. The van der Waals surface area contributed by atoms with E-state index >= 15 is 0 Å². The van der Waals surface area contributed by atoms with Gasteiger partial charge in [-0.2, -0.15) is 0 Å². The van der Waals surface area contributed by atoms with E-state index in [9.17, 15) is 9.59 Å². The van der Waals surface area contributed by atoms with E-state index < -0.39 is 6.04 Å². The monoisotopic (exact) mass is 402 g/mol. The largest absolute Gasteiger partial charge is 0.497 e. The number of nitrogens with one attached hydrogen (secondary N) is 1. The predicted molar refractivity (Wildman–Crippen MR) is 111 cm³/mol. The van der Waals surface area contributed by atoms with Crippen LogP contribution in [-0.2, 0) is 22.6 Å². The van der Waals surface area contributed by atoms with E-state index in [0.717, 1.165) is 16.9 Å². The van der Waals surface area contributed by atoms with Gasteiger partial charge in [0.15, 0.2) is 0 Å². The third-order valence-corrected chi connectivity index (χ3v) is 4.86. The van der Waals surface area contributed by atoms with Crippen molar-refractivity contribution < 1.29 is 14.3 Å². The Morgan fingerprint density at radius 1 is 1.07 bits per heavy atom. The highest BCUT2D eigenvalue weighted by Crippen LogP contribution is 2.15. The standard InChI is InChI=1S/C22H27ClN2O3/c1-4-21(26)25(15-18-5-9-19(23)10-6-18)16(2)22(27)24-14-13-17-7-11-20(28-3)12-8-17/h5-12,16H,4,13-15H2,1-3H3,(H,24,27)/t16-/m0/s1. The minimum atomic E-state index is -0.556. The molecule has 0 fully saturated rings. The van der Waals surface area contributed by atoms with Crippen LogP contribution >= 0.6 is 11.6 Å². The van der Waals surface area contributed by atoms with E-state index in [0.29, 0.717) is 31.0 Å². The fourth-order valence-electron chi connectivity index (χ4n) is 2.84. The van der Waals surface area contributed by atoms with Gasteiger partial charge in [0.25, 0.3) is 0 Å². The van der Waals surface area contributed by atoms with Gasteiger partial charge in [-0.15, -0.1) is 0 Å². The second-order valence-corrected chi connectivity index (χ2v) is 7.00. The van der Waals surface area contributed by atoms with Crippen molar-refractivity contribution in [1.29, 1.82) is 0 Å². The number of ether oxygens (including phenoxy) is 1. The van der Waals surface area contributed by atoms with Crippen LogP contribution in [0.3, 0.4) is 0 Å². The quantitative estimate of drug-likeness (QED) is 0.693. The highest BCUT2D eigenvalue weighted by atomic mass is 35.5. The summed E-state index contributed by atoms with van der Waals surface area (Å²) in [7, 11) is 1.63. The van der Waals surface area contributed by atoms with Gasteiger partial charge in [0.1, 0.15) is 11.8 Å². The van der Waals surface area contributed by atoms with Crippen LogP contribution in [0, 0.1) is 0 Å². The topological polar surface area (TPSA) is 58.6 Å². The normalized spacial score (nSPS) is 11.6. The molecule has 0 aliphatic heterocycles. The zero-order chi connectivity index (χ0) is 20.5. The molecule has 2 rings (SSSR count). The molecule has 0 heterocycles. The fourth-order valence-corrected chi connectivity index (χ4v) is 2.97. The molecule has 150 valence electrons. The van der Waals surface area contributed by atoms with Gasteiger partial charge in [-0.05, 0) is 48.7 Å². The molecule has 0 unspecified atom stereocenters. The van der Waals surface area contributed by atoms with Crippen molar-refractivity contribution >= 4 is 23.4 Å². The summed E-state index contributed by atoms with van der Waals surface area (Å²) in [6.07, 6.45) is 1.05.